The second-order valence-electron chi connectivity index (χ2n) is 5.30. The van der Waals surface area contributed by atoms with Crippen LogP contribution in [0.1, 0.15) is 29.3 Å². The van der Waals surface area contributed by atoms with Crippen molar-refractivity contribution in [3.05, 3.63) is 35.0 Å². The van der Waals surface area contributed by atoms with Crippen LogP contribution in [0.2, 0.25) is 0 Å². The summed E-state index contributed by atoms with van der Waals surface area (Å²) in [5, 5.41) is 18.8. The van der Waals surface area contributed by atoms with Gasteiger partial charge in [0.15, 0.2) is 0 Å². The molecule has 2 aromatic rings. The molecule has 0 saturated heterocycles. The summed E-state index contributed by atoms with van der Waals surface area (Å²) >= 11 is 0. The van der Waals surface area contributed by atoms with Gasteiger partial charge in [0.25, 0.3) is 0 Å². The zero-order chi connectivity index (χ0) is 17.4. The Labute approximate surface area is 129 Å². The molecular formula is C14H16F3N3O3. The number of aryl methyl sites for hydroxylation is 3. The minimum absolute atomic E-state index is 0.199. The average molecular weight is 331 g/mol. The second-order valence-corrected chi connectivity index (χ2v) is 5.30. The van der Waals surface area contributed by atoms with Gasteiger partial charge in [0, 0.05) is 0 Å². The molecule has 0 spiro atoms. The number of hydrogen-bond acceptors (Lipinski definition) is 4. The van der Waals surface area contributed by atoms with E-state index in [9.17, 15) is 23.1 Å². The molecule has 0 radical (unpaired) electrons. The highest BCUT2D eigenvalue weighted by molar-refractivity contribution is 5.92. The molecule has 2 heterocycles. The number of aromatic amines is 1. The van der Waals surface area contributed by atoms with Gasteiger partial charge >= 0.3 is 6.18 Å². The third-order valence-electron chi connectivity index (χ3n) is 3.43. The number of halogens is 3. The highest BCUT2D eigenvalue weighted by Gasteiger charge is 2.58. The molecule has 3 N–H and O–H groups in total. The van der Waals surface area contributed by atoms with E-state index in [1.807, 2.05) is 0 Å². The molecule has 1 amide bonds. The maximum Gasteiger partial charge on any atom is 0.425 e. The van der Waals surface area contributed by atoms with Gasteiger partial charge in [-0.3, -0.25) is 9.89 Å². The van der Waals surface area contributed by atoms with E-state index in [0.29, 0.717) is 11.4 Å². The van der Waals surface area contributed by atoms with E-state index < -0.39 is 29.9 Å². The Kier molecular flexibility index (Phi) is 4.25. The summed E-state index contributed by atoms with van der Waals surface area (Å²) in [6.07, 6.45) is -6.30. The second kappa shape index (κ2) is 5.73. The number of nitrogens with one attached hydrogen (secondary N) is 2. The van der Waals surface area contributed by atoms with Crippen LogP contribution in [0.4, 0.5) is 18.9 Å². The van der Waals surface area contributed by atoms with Crippen LogP contribution in [-0.4, -0.2) is 27.4 Å². The van der Waals surface area contributed by atoms with Gasteiger partial charge in [-0.2, -0.15) is 18.3 Å². The summed E-state index contributed by atoms with van der Waals surface area (Å²) in [6, 6.07) is 2.29. The van der Waals surface area contributed by atoms with Gasteiger partial charge in [0.1, 0.15) is 11.5 Å². The summed E-state index contributed by atoms with van der Waals surface area (Å²) in [4.78, 5) is 12.0. The first-order valence-corrected chi connectivity index (χ1v) is 6.72. The van der Waals surface area contributed by atoms with E-state index in [-0.39, 0.29) is 11.4 Å². The Morgan fingerprint density at radius 2 is 2.00 bits per heavy atom. The number of alkyl halides is 3. The largest absolute Gasteiger partial charge is 0.463 e. The summed E-state index contributed by atoms with van der Waals surface area (Å²) in [5.41, 5.74) is -2.19. The van der Waals surface area contributed by atoms with Crippen molar-refractivity contribution in [1.82, 2.24) is 10.2 Å². The lowest BCUT2D eigenvalue weighted by Gasteiger charge is -2.28. The van der Waals surface area contributed by atoms with E-state index in [0.717, 1.165) is 6.07 Å². The fourth-order valence-corrected chi connectivity index (χ4v) is 2.13. The van der Waals surface area contributed by atoms with Crippen molar-refractivity contribution in [2.75, 3.05) is 5.32 Å². The number of anilines is 1. The van der Waals surface area contributed by atoms with Crippen molar-refractivity contribution in [2.24, 2.45) is 0 Å². The van der Waals surface area contributed by atoms with Gasteiger partial charge in [-0.1, -0.05) is 0 Å². The van der Waals surface area contributed by atoms with Gasteiger partial charge in [0.05, 0.1) is 23.5 Å². The minimum atomic E-state index is -5.07. The maximum atomic E-state index is 13.3. The van der Waals surface area contributed by atoms with E-state index in [1.165, 1.54) is 13.0 Å². The maximum absolute atomic E-state index is 13.3. The van der Waals surface area contributed by atoms with Gasteiger partial charge < -0.3 is 14.8 Å². The molecule has 23 heavy (non-hydrogen) atoms. The third-order valence-corrected chi connectivity index (χ3v) is 3.43. The Morgan fingerprint density at radius 3 is 2.43 bits per heavy atom. The number of carbonyl (C=O) groups excluding carboxylic acids is 1. The summed E-state index contributed by atoms with van der Waals surface area (Å²) in [7, 11) is 0. The van der Waals surface area contributed by atoms with Gasteiger partial charge in [0.2, 0.25) is 11.5 Å². The number of nitrogens with zero attached hydrogens (tertiary/aromatic N) is 1. The predicted octanol–water partition coefficient (Wildman–Crippen LogP) is 2.71. The molecule has 6 nitrogen and oxygen atoms in total. The Morgan fingerprint density at radius 1 is 1.35 bits per heavy atom. The Bertz CT molecular complexity index is 701. The van der Waals surface area contributed by atoms with E-state index in [4.69, 9.17) is 4.42 Å². The lowest BCUT2D eigenvalue weighted by atomic mass is 9.95. The van der Waals surface area contributed by atoms with Crippen molar-refractivity contribution in [1.29, 1.82) is 0 Å². The van der Waals surface area contributed by atoms with Crippen molar-refractivity contribution in [2.45, 2.75) is 39.0 Å². The van der Waals surface area contributed by atoms with Gasteiger partial charge in [-0.15, -0.1) is 0 Å². The summed E-state index contributed by atoms with van der Waals surface area (Å²) in [6.45, 7) is 4.64. The number of amides is 1. The molecule has 0 saturated carbocycles. The van der Waals surface area contributed by atoms with Crippen LogP contribution in [-0.2, 0) is 10.4 Å². The molecule has 1 unspecified atom stereocenters. The zero-order valence-corrected chi connectivity index (χ0v) is 12.7. The Hall–Kier alpha value is -2.29. The molecule has 2 rings (SSSR count). The van der Waals surface area contributed by atoms with E-state index in [1.54, 1.807) is 13.8 Å². The highest BCUT2D eigenvalue weighted by atomic mass is 19.4. The van der Waals surface area contributed by atoms with Crippen LogP contribution >= 0.6 is 0 Å². The average Bonchev–Trinajstić information content (AvgIpc) is 2.98. The lowest BCUT2D eigenvalue weighted by molar-refractivity contribution is -0.272. The SMILES string of the molecule is Cc1ccc(C(O)(CC(=O)Nc2c(C)n[nH]c2C)C(F)(F)F)o1. The summed E-state index contributed by atoms with van der Waals surface area (Å²) in [5.74, 6) is -1.53. The van der Waals surface area contributed by atoms with Crippen LogP contribution < -0.4 is 5.32 Å². The fraction of sp³-hybridized carbons (Fsp3) is 0.429. The first-order chi connectivity index (χ1) is 10.5. The third kappa shape index (κ3) is 3.24. The number of carbonyl (C=O) groups is 1. The zero-order valence-electron chi connectivity index (χ0n) is 12.7. The number of hydrogen-bond donors (Lipinski definition) is 3. The topological polar surface area (TPSA) is 91.1 Å². The number of H-pyrrole nitrogens is 1. The standard InChI is InChI=1S/C14H16F3N3O3/c1-7-4-5-10(23-7)13(22,14(15,16)17)6-11(21)18-12-8(2)19-20-9(12)3/h4-5,22H,6H2,1-3H3,(H,18,21)(H,19,20). The van der Waals surface area contributed by atoms with Crippen molar-refractivity contribution >= 4 is 11.6 Å². The number of furan rings is 1. The smallest absolute Gasteiger partial charge is 0.425 e. The minimum Gasteiger partial charge on any atom is -0.463 e. The lowest BCUT2D eigenvalue weighted by Crippen LogP contribution is -2.44. The molecule has 0 fully saturated rings. The molecule has 2 aromatic heterocycles. The van der Waals surface area contributed by atoms with Crippen LogP contribution in [0.25, 0.3) is 0 Å². The molecule has 0 aliphatic heterocycles. The Balaban J connectivity index is 2.27. The first kappa shape index (κ1) is 17.1. The van der Waals surface area contributed by atoms with Crippen molar-refractivity contribution < 1.29 is 27.5 Å². The van der Waals surface area contributed by atoms with Crippen LogP contribution in [0.5, 0.6) is 0 Å². The van der Waals surface area contributed by atoms with Gasteiger partial charge in [-0.25, -0.2) is 0 Å². The van der Waals surface area contributed by atoms with Crippen LogP contribution in [0.15, 0.2) is 16.5 Å². The number of rotatable bonds is 4. The molecule has 0 aliphatic rings. The molecule has 126 valence electrons. The van der Waals surface area contributed by atoms with E-state index >= 15 is 0 Å². The molecule has 9 heteroatoms. The normalized spacial score (nSPS) is 14.6. The van der Waals surface area contributed by atoms with E-state index in [2.05, 4.69) is 15.5 Å². The van der Waals surface area contributed by atoms with Gasteiger partial charge in [-0.05, 0) is 32.9 Å². The van der Waals surface area contributed by atoms with Crippen molar-refractivity contribution in [3.8, 4) is 0 Å². The molecule has 1 atom stereocenters. The first-order valence-electron chi connectivity index (χ1n) is 6.72. The molecule has 0 aromatic carbocycles. The molecular weight excluding hydrogens is 315 g/mol. The number of aromatic nitrogens is 2. The number of aliphatic hydroxyl groups is 1. The monoisotopic (exact) mass is 331 g/mol. The fourth-order valence-electron chi connectivity index (χ4n) is 2.13. The van der Waals surface area contributed by atoms with Crippen LogP contribution in [0.3, 0.4) is 0 Å². The van der Waals surface area contributed by atoms with Crippen LogP contribution in [0, 0.1) is 20.8 Å². The van der Waals surface area contributed by atoms with Crippen molar-refractivity contribution in [3.63, 3.8) is 0 Å². The predicted molar refractivity (Wildman–Crippen MR) is 74.7 cm³/mol. The quantitative estimate of drug-likeness (QED) is 0.803. The molecule has 0 bridgehead atoms. The molecule has 0 aliphatic carbocycles. The summed E-state index contributed by atoms with van der Waals surface area (Å²) < 4.78 is 44.8. The highest BCUT2D eigenvalue weighted by Crippen LogP contribution is 2.42.